The van der Waals surface area contributed by atoms with Crippen LogP contribution < -0.4 is 5.32 Å². The van der Waals surface area contributed by atoms with E-state index in [-0.39, 0.29) is 11.4 Å². The minimum atomic E-state index is -0.160. The Kier molecular flexibility index (Phi) is 4.36. The Morgan fingerprint density at radius 2 is 2.22 bits per heavy atom. The number of likely N-dealkylation sites (N-methyl/N-ethyl adjacent to an activating group) is 1. The first-order chi connectivity index (χ1) is 8.67. The number of hydrogen-bond donors (Lipinski definition) is 1. The molecule has 0 amide bonds. The second-order valence-corrected chi connectivity index (χ2v) is 5.26. The van der Waals surface area contributed by atoms with E-state index in [0.717, 1.165) is 31.2 Å². The van der Waals surface area contributed by atoms with Gasteiger partial charge in [-0.1, -0.05) is 12.1 Å². The van der Waals surface area contributed by atoms with E-state index in [2.05, 4.69) is 5.32 Å². The fraction of sp³-hybridized carbons (Fsp3) is 0.600. The molecule has 0 aliphatic heterocycles. The summed E-state index contributed by atoms with van der Waals surface area (Å²) in [4.78, 5) is 0. The van der Waals surface area contributed by atoms with Crippen LogP contribution in [0.4, 0.5) is 4.39 Å². The molecule has 0 bridgehead atoms. The molecule has 1 aliphatic carbocycles. The SMILES string of the molecule is CNC(Cc1cccc(F)c1)CC1(OC)CCC1. The molecule has 1 saturated carbocycles. The molecule has 1 aliphatic rings. The van der Waals surface area contributed by atoms with Crippen molar-refractivity contribution < 1.29 is 9.13 Å². The van der Waals surface area contributed by atoms with Crippen LogP contribution in [0, 0.1) is 5.82 Å². The van der Waals surface area contributed by atoms with Crippen molar-refractivity contribution in [2.24, 2.45) is 0 Å². The fourth-order valence-electron chi connectivity index (χ4n) is 2.74. The van der Waals surface area contributed by atoms with Crippen molar-refractivity contribution in [3.05, 3.63) is 35.6 Å². The third kappa shape index (κ3) is 3.09. The minimum absolute atomic E-state index is 0.0565. The summed E-state index contributed by atoms with van der Waals surface area (Å²) in [5.74, 6) is -0.160. The molecule has 1 N–H and O–H groups in total. The lowest BCUT2D eigenvalue weighted by molar-refractivity contribution is -0.0830. The zero-order valence-electron chi connectivity index (χ0n) is 11.2. The van der Waals surface area contributed by atoms with Crippen molar-refractivity contribution in [1.29, 1.82) is 0 Å². The number of methoxy groups -OCH3 is 1. The van der Waals surface area contributed by atoms with E-state index in [1.54, 1.807) is 19.2 Å². The van der Waals surface area contributed by atoms with Gasteiger partial charge in [0, 0.05) is 13.2 Å². The predicted molar refractivity (Wildman–Crippen MR) is 71.2 cm³/mol. The Hall–Kier alpha value is -0.930. The van der Waals surface area contributed by atoms with Gasteiger partial charge in [-0.2, -0.15) is 0 Å². The van der Waals surface area contributed by atoms with Gasteiger partial charge in [-0.3, -0.25) is 0 Å². The highest BCUT2D eigenvalue weighted by molar-refractivity contribution is 5.17. The lowest BCUT2D eigenvalue weighted by Crippen LogP contribution is -2.45. The molecule has 100 valence electrons. The minimum Gasteiger partial charge on any atom is -0.378 e. The van der Waals surface area contributed by atoms with Crippen LogP contribution in [0.2, 0.25) is 0 Å². The summed E-state index contributed by atoms with van der Waals surface area (Å²) in [5, 5.41) is 3.33. The summed E-state index contributed by atoms with van der Waals surface area (Å²) in [6, 6.07) is 7.19. The second-order valence-electron chi connectivity index (χ2n) is 5.26. The van der Waals surface area contributed by atoms with E-state index in [0.29, 0.717) is 6.04 Å². The summed E-state index contributed by atoms with van der Waals surface area (Å²) in [5.41, 5.74) is 1.10. The van der Waals surface area contributed by atoms with E-state index in [1.165, 1.54) is 12.5 Å². The molecular weight excluding hydrogens is 229 g/mol. The lowest BCUT2D eigenvalue weighted by Gasteiger charge is -2.42. The molecule has 0 heterocycles. The van der Waals surface area contributed by atoms with Gasteiger partial charge in [0.15, 0.2) is 0 Å². The maximum atomic E-state index is 13.2. The van der Waals surface area contributed by atoms with Crippen LogP contribution in [0.1, 0.15) is 31.2 Å². The number of hydrogen-bond acceptors (Lipinski definition) is 2. The van der Waals surface area contributed by atoms with Gasteiger partial charge in [-0.15, -0.1) is 0 Å². The van der Waals surface area contributed by atoms with Gasteiger partial charge in [-0.05, 0) is 56.8 Å². The highest BCUT2D eigenvalue weighted by Crippen LogP contribution is 2.39. The fourth-order valence-corrected chi connectivity index (χ4v) is 2.74. The number of ether oxygens (including phenoxy) is 1. The van der Waals surface area contributed by atoms with Crippen LogP contribution >= 0.6 is 0 Å². The predicted octanol–water partition coefficient (Wildman–Crippen LogP) is 2.92. The number of nitrogens with one attached hydrogen (secondary N) is 1. The van der Waals surface area contributed by atoms with Crippen LogP contribution in [0.25, 0.3) is 0 Å². The molecule has 0 aromatic heterocycles. The molecular formula is C15H22FNO. The van der Waals surface area contributed by atoms with Crippen LogP contribution in [0.15, 0.2) is 24.3 Å². The van der Waals surface area contributed by atoms with E-state index < -0.39 is 0 Å². The molecule has 18 heavy (non-hydrogen) atoms. The molecule has 0 spiro atoms. The molecule has 2 rings (SSSR count). The van der Waals surface area contributed by atoms with Gasteiger partial charge in [0.2, 0.25) is 0 Å². The highest BCUT2D eigenvalue weighted by atomic mass is 19.1. The van der Waals surface area contributed by atoms with Crippen molar-refractivity contribution >= 4 is 0 Å². The first-order valence-corrected chi connectivity index (χ1v) is 6.64. The average Bonchev–Trinajstić information content (AvgIpc) is 2.32. The molecule has 2 nitrogen and oxygen atoms in total. The monoisotopic (exact) mass is 251 g/mol. The first kappa shape index (κ1) is 13.5. The molecule has 1 unspecified atom stereocenters. The third-order valence-electron chi connectivity index (χ3n) is 4.10. The summed E-state index contributed by atoms with van der Waals surface area (Å²) in [6.07, 6.45) is 5.38. The van der Waals surface area contributed by atoms with Crippen molar-refractivity contribution in [3.63, 3.8) is 0 Å². The number of halogens is 1. The zero-order chi connectivity index (χ0) is 13.0. The number of benzene rings is 1. The molecule has 1 aromatic rings. The maximum absolute atomic E-state index is 13.2. The summed E-state index contributed by atoms with van der Waals surface area (Å²) in [6.45, 7) is 0. The van der Waals surface area contributed by atoms with E-state index in [1.807, 2.05) is 13.1 Å². The number of rotatable bonds is 6. The molecule has 0 radical (unpaired) electrons. The summed E-state index contributed by atoms with van der Waals surface area (Å²) >= 11 is 0. The molecule has 1 fully saturated rings. The van der Waals surface area contributed by atoms with Crippen LogP contribution in [0.5, 0.6) is 0 Å². The lowest BCUT2D eigenvalue weighted by atomic mass is 9.75. The Morgan fingerprint density at radius 1 is 1.44 bits per heavy atom. The molecule has 0 saturated heterocycles. The van der Waals surface area contributed by atoms with E-state index >= 15 is 0 Å². The van der Waals surface area contributed by atoms with Crippen molar-refractivity contribution in [3.8, 4) is 0 Å². The van der Waals surface area contributed by atoms with Gasteiger partial charge < -0.3 is 10.1 Å². The highest BCUT2D eigenvalue weighted by Gasteiger charge is 2.38. The van der Waals surface area contributed by atoms with Crippen LogP contribution in [0.3, 0.4) is 0 Å². The van der Waals surface area contributed by atoms with E-state index in [4.69, 9.17) is 4.74 Å². The van der Waals surface area contributed by atoms with Gasteiger partial charge in [0.25, 0.3) is 0 Å². The zero-order valence-corrected chi connectivity index (χ0v) is 11.2. The molecule has 1 aromatic carbocycles. The van der Waals surface area contributed by atoms with Gasteiger partial charge >= 0.3 is 0 Å². The largest absolute Gasteiger partial charge is 0.378 e. The standard InChI is InChI=1S/C15H22FNO/c1-17-14(11-15(18-2)7-4-8-15)10-12-5-3-6-13(16)9-12/h3,5-6,9,14,17H,4,7-8,10-11H2,1-2H3. The topological polar surface area (TPSA) is 21.3 Å². The quantitative estimate of drug-likeness (QED) is 0.839. The first-order valence-electron chi connectivity index (χ1n) is 6.64. The Labute approximate surface area is 109 Å². The maximum Gasteiger partial charge on any atom is 0.123 e. The van der Waals surface area contributed by atoms with Crippen molar-refractivity contribution in [2.45, 2.75) is 43.7 Å². The van der Waals surface area contributed by atoms with Crippen LogP contribution in [-0.2, 0) is 11.2 Å². The average molecular weight is 251 g/mol. The Morgan fingerprint density at radius 3 is 2.72 bits per heavy atom. The second kappa shape index (κ2) is 5.81. The van der Waals surface area contributed by atoms with Gasteiger partial charge in [-0.25, -0.2) is 4.39 Å². The van der Waals surface area contributed by atoms with Crippen molar-refractivity contribution in [2.75, 3.05) is 14.2 Å². The van der Waals surface area contributed by atoms with E-state index in [9.17, 15) is 4.39 Å². The molecule has 1 atom stereocenters. The smallest absolute Gasteiger partial charge is 0.123 e. The van der Waals surface area contributed by atoms with Crippen molar-refractivity contribution in [1.82, 2.24) is 5.32 Å². The van der Waals surface area contributed by atoms with Gasteiger partial charge in [0.1, 0.15) is 5.82 Å². The Balaban J connectivity index is 1.97. The van der Waals surface area contributed by atoms with Gasteiger partial charge in [0.05, 0.1) is 5.60 Å². The molecule has 3 heteroatoms. The normalized spacial score (nSPS) is 19.3. The Bertz CT molecular complexity index is 384. The summed E-state index contributed by atoms with van der Waals surface area (Å²) < 4.78 is 18.8. The third-order valence-corrected chi connectivity index (χ3v) is 4.10. The van der Waals surface area contributed by atoms with Crippen LogP contribution in [-0.4, -0.2) is 25.8 Å². The summed E-state index contributed by atoms with van der Waals surface area (Å²) in [7, 11) is 3.76.